The fraction of sp³-hybridized carbons (Fsp3) is 0.545. The molecule has 1 aromatic heterocycles. The molecule has 1 atom stereocenters. The Hall–Kier alpha value is -2.74. The molecule has 8 heteroatoms. The van der Waals surface area contributed by atoms with E-state index in [1.807, 2.05) is 46.0 Å². The van der Waals surface area contributed by atoms with Gasteiger partial charge >= 0.3 is 0 Å². The van der Waals surface area contributed by atoms with Crippen LogP contribution in [0.25, 0.3) is 0 Å². The Morgan fingerprint density at radius 3 is 2.53 bits per heavy atom. The van der Waals surface area contributed by atoms with Gasteiger partial charge in [-0.2, -0.15) is 5.10 Å². The number of aliphatic imine (C=N–C) groups is 1. The second kappa shape index (κ2) is 11.4. The number of ether oxygens (including phenoxy) is 2. The van der Waals surface area contributed by atoms with Crippen molar-refractivity contribution < 1.29 is 14.6 Å². The molecule has 0 spiro atoms. The van der Waals surface area contributed by atoms with E-state index in [4.69, 9.17) is 9.47 Å². The van der Waals surface area contributed by atoms with Gasteiger partial charge in [0.25, 0.3) is 0 Å². The average Bonchev–Trinajstić information content (AvgIpc) is 3.16. The number of aliphatic hydroxyl groups is 1. The Morgan fingerprint density at radius 2 is 1.90 bits per heavy atom. The van der Waals surface area contributed by atoms with Crippen molar-refractivity contribution in [3.05, 3.63) is 41.7 Å². The van der Waals surface area contributed by atoms with Gasteiger partial charge in [0.2, 0.25) is 0 Å². The van der Waals surface area contributed by atoms with E-state index in [0.717, 1.165) is 35.6 Å². The van der Waals surface area contributed by atoms with Crippen molar-refractivity contribution in [3.8, 4) is 11.5 Å². The molecule has 2 aromatic rings. The van der Waals surface area contributed by atoms with Crippen LogP contribution in [0.3, 0.4) is 0 Å². The van der Waals surface area contributed by atoms with Crippen molar-refractivity contribution in [2.24, 2.45) is 12.0 Å². The molecule has 2 rings (SSSR count). The molecule has 30 heavy (non-hydrogen) atoms. The minimum absolute atomic E-state index is 0.228. The lowest BCUT2D eigenvalue weighted by molar-refractivity contribution is 0.0672. The van der Waals surface area contributed by atoms with Crippen molar-refractivity contribution in [3.63, 3.8) is 0 Å². The second-order valence-corrected chi connectivity index (χ2v) is 7.20. The predicted molar refractivity (Wildman–Crippen MR) is 119 cm³/mol. The fourth-order valence-electron chi connectivity index (χ4n) is 2.94. The quantitative estimate of drug-likeness (QED) is 0.384. The maximum absolute atomic E-state index is 10.7. The Kier molecular flexibility index (Phi) is 8.98. The van der Waals surface area contributed by atoms with Crippen LogP contribution in [0.5, 0.6) is 11.5 Å². The van der Waals surface area contributed by atoms with Crippen LogP contribution in [0.15, 0.2) is 35.6 Å². The number of nitrogens with zero attached hydrogens (tertiary/aromatic N) is 3. The molecule has 8 nitrogen and oxygen atoms in total. The molecule has 0 saturated carbocycles. The highest BCUT2D eigenvalue weighted by molar-refractivity contribution is 5.79. The number of hydrogen-bond donors (Lipinski definition) is 3. The first kappa shape index (κ1) is 23.5. The van der Waals surface area contributed by atoms with Gasteiger partial charge in [-0.25, -0.2) is 4.99 Å². The van der Waals surface area contributed by atoms with Crippen LogP contribution < -0.4 is 20.1 Å². The van der Waals surface area contributed by atoms with Crippen LogP contribution in [-0.4, -0.2) is 53.7 Å². The Morgan fingerprint density at radius 1 is 1.17 bits per heavy atom. The largest absolute Gasteiger partial charge is 0.490 e. The molecule has 0 radical (unpaired) electrons. The highest BCUT2D eigenvalue weighted by atomic mass is 16.5. The average molecular weight is 418 g/mol. The highest BCUT2D eigenvalue weighted by Crippen LogP contribution is 2.28. The SMILES string of the molecule is CCNC(=NCC(C)(O)c1cnn(C)c1)NCCc1ccc(OCC)c(OCC)c1. The fourth-order valence-corrected chi connectivity index (χ4v) is 2.94. The summed E-state index contributed by atoms with van der Waals surface area (Å²) in [5.74, 6) is 2.20. The van der Waals surface area contributed by atoms with Gasteiger partial charge in [0.1, 0.15) is 5.60 Å². The minimum Gasteiger partial charge on any atom is -0.490 e. The van der Waals surface area contributed by atoms with Crippen molar-refractivity contribution in [2.45, 2.75) is 39.7 Å². The topological polar surface area (TPSA) is 92.9 Å². The summed E-state index contributed by atoms with van der Waals surface area (Å²) < 4.78 is 13.0. The van der Waals surface area contributed by atoms with Crippen LogP contribution in [-0.2, 0) is 19.1 Å². The molecule has 0 bridgehead atoms. The van der Waals surface area contributed by atoms with Gasteiger partial charge in [0.15, 0.2) is 17.5 Å². The normalized spacial score (nSPS) is 13.6. The minimum atomic E-state index is -1.09. The third-order valence-corrected chi connectivity index (χ3v) is 4.53. The maximum atomic E-state index is 10.7. The summed E-state index contributed by atoms with van der Waals surface area (Å²) in [6.07, 6.45) is 4.27. The Bertz CT molecular complexity index is 817. The van der Waals surface area contributed by atoms with E-state index in [0.29, 0.717) is 25.7 Å². The number of rotatable bonds is 11. The molecule has 1 unspecified atom stereocenters. The van der Waals surface area contributed by atoms with Gasteiger partial charge in [-0.3, -0.25) is 4.68 Å². The molecule has 0 fully saturated rings. The lowest BCUT2D eigenvalue weighted by Gasteiger charge is -2.20. The predicted octanol–water partition coefficient (Wildman–Crippen LogP) is 2.22. The molecule has 1 heterocycles. The second-order valence-electron chi connectivity index (χ2n) is 7.20. The third kappa shape index (κ3) is 6.95. The van der Waals surface area contributed by atoms with E-state index in [-0.39, 0.29) is 6.54 Å². The molecular formula is C22H35N5O3. The zero-order chi connectivity index (χ0) is 22.0. The van der Waals surface area contributed by atoms with Crippen LogP contribution >= 0.6 is 0 Å². The van der Waals surface area contributed by atoms with Gasteiger partial charge in [-0.15, -0.1) is 0 Å². The van der Waals surface area contributed by atoms with Crippen molar-refractivity contribution in [1.29, 1.82) is 0 Å². The molecule has 3 N–H and O–H groups in total. The standard InChI is InChI=1S/C22H35N5O3/c1-6-23-21(25-16-22(4,28)18-14-26-27(5)15-18)24-12-11-17-9-10-19(29-7-2)20(13-17)30-8-3/h9-10,13-15,28H,6-8,11-12,16H2,1-5H3,(H2,23,24,25). The van der Waals surface area contributed by atoms with Crippen molar-refractivity contribution >= 4 is 5.96 Å². The van der Waals surface area contributed by atoms with E-state index in [2.05, 4.69) is 20.7 Å². The van der Waals surface area contributed by atoms with Gasteiger partial charge in [0, 0.05) is 31.9 Å². The summed E-state index contributed by atoms with van der Waals surface area (Å²) in [5.41, 5.74) is 0.799. The van der Waals surface area contributed by atoms with E-state index < -0.39 is 5.60 Å². The number of aryl methyl sites for hydroxylation is 1. The van der Waals surface area contributed by atoms with Gasteiger partial charge in [0.05, 0.1) is 26.0 Å². The highest BCUT2D eigenvalue weighted by Gasteiger charge is 2.24. The molecule has 0 amide bonds. The van der Waals surface area contributed by atoms with Crippen LogP contribution in [0.4, 0.5) is 0 Å². The van der Waals surface area contributed by atoms with Crippen LogP contribution in [0, 0.1) is 0 Å². The zero-order valence-corrected chi connectivity index (χ0v) is 18.7. The Balaban J connectivity index is 1.97. The first-order chi connectivity index (χ1) is 14.4. The molecular weight excluding hydrogens is 382 g/mol. The van der Waals surface area contributed by atoms with E-state index in [1.165, 1.54) is 0 Å². The molecule has 0 saturated heterocycles. The molecule has 0 aliphatic rings. The van der Waals surface area contributed by atoms with Crippen molar-refractivity contribution in [2.75, 3.05) is 32.8 Å². The summed E-state index contributed by atoms with van der Waals surface area (Å²) in [5, 5.41) is 21.4. The lowest BCUT2D eigenvalue weighted by Crippen LogP contribution is -2.39. The number of hydrogen-bond acceptors (Lipinski definition) is 5. The molecule has 1 aromatic carbocycles. The smallest absolute Gasteiger partial charge is 0.191 e. The van der Waals surface area contributed by atoms with Gasteiger partial charge in [-0.05, 0) is 51.8 Å². The summed E-state index contributed by atoms with van der Waals surface area (Å²) in [6.45, 7) is 10.5. The van der Waals surface area contributed by atoms with Gasteiger partial charge < -0.3 is 25.2 Å². The van der Waals surface area contributed by atoms with E-state index in [1.54, 1.807) is 24.0 Å². The lowest BCUT2D eigenvalue weighted by atomic mass is 10.0. The zero-order valence-electron chi connectivity index (χ0n) is 18.7. The molecule has 0 aliphatic heterocycles. The molecule has 0 aliphatic carbocycles. The number of nitrogens with one attached hydrogen (secondary N) is 2. The molecule has 166 valence electrons. The maximum Gasteiger partial charge on any atom is 0.191 e. The number of benzene rings is 1. The van der Waals surface area contributed by atoms with Crippen LogP contribution in [0.2, 0.25) is 0 Å². The first-order valence-electron chi connectivity index (χ1n) is 10.5. The monoisotopic (exact) mass is 417 g/mol. The summed E-state index contributed by atoms with van der Waals surface area (Å²) >= 11 is 0. The van der Waals surface area contributed by atoms with E-state index in [9.17, 15) is 5.11 Å². The van der Waals surface area contributed by atoms with E-state index >= 15 is 0 Å². The third-order valence-electron chi connectivity index (χ3n) is 4.53. The summed E-state index contributed by atoms with van der Waals surface area (Å²) in [4.78, 5) is 4.55. The van der Waals surface area contributed by atoms with Gasteiger partial charge in [-0.1, -0.05) is 6.07 Å². The van der Waals surface area contributed by atoms with Crippen molar-refractivity contribution in [1.82, 2.24) is 20.4 Å². The number of aromatic nitrogens is 2. The Labute approximate surface area is 179 Å². The van der Waals surface area contributed by atoms with Crippen LogP contribution in [0.1, 0.15) is 38.8 Å². The number of guanidine groups is 1. The summed E-state index contributed by atoms with van der Waals surface area (Å²) in [6, 6.07) is 6.02. The first-order valence-corrected chi connectivity index (χ1v) is 10.5. The summed E-state index contributed by atoms with van der Waals surface area (Å²) in [7, 11) is 1.83.